The number of hydrogen-bond acceptors (Lipinski definition) is 4. The highest BCUT2D eigenvalue weighted by molar-refractivity contribution is 7.80. The summed E-state index contributed by atoms with van der Waals surface area (Å²) in [5, 5.41) is 3.75. The van der Waals surface area contributed by atoms with Gasteiger partial charge < -0.3 is 11.1 Å². The molecule has 0 atom stereocenters. The third kappa shape index (κ3) is 2.57. The van der Waals surface area contributed by atoms with Crippen LogP contribution in [-0.4, -0.2) is 15.0 Å². The van der Waals surface area contributed by atoms with Crippen LogP contribution in [0, 0.1) is 6.92 Å². The van der Waals surface area contributed by atoms with Gasteiger partial charge in [0, 0.05) is 6.20 Å². The number of aromatic nitrogens is 2. The van der Waals surface area contributed by atoms with Crippen LogP contribution in [0.5, 0.6) is 0 Å². The van der Waals surface area contributed by atoms with E-state index in [0.29, 0.717) is 16.4 Å². The van der Waals surface area contributed by atoms with E-state index >= 15 is 0 Å². The van der Waals surface area contributed by atoms with E-state index in [0.717, 1.165) is 11.3 Å². The summed E-state index contributed by atoms with van der Waals surface area (Å²) in [5.41, 5.74) is 8.01. The lowest BCUT2D eigenvalue weighted by Crippen LogP contribution is -2.13. The Morgan fingerprint density at radius 2 is 2.22 bits per heavy atom. The van der Waals surface area contributed by atoms with Crippen LogP contribution in [0.2, 0.25) is 5.02 Å². The van der Waals surface area contributed by atoms with Crippen LogP contribution >= 0.6 is 23.8 Å². The first-order chi connectivity index (χ1) is 8.59. The van der Waals surface area contributed by atoms with E-state index in [1.165, 1.54) is 6.33 Å². The Kier molecular flexibility index (Phi) is 3.74. The summed E-state index contributed by atoms with van der Waals surface area (Å²) >= 11 is 11.1. The minimum absolute atomic E-state index is 0.239. The number of halogens is 1. The number of aryl methyl sites for hydroxylation is 1. The maximum Gasteiger partial charge on any atom is 0.144 e. The summed E-state index contributed by atoms with van der Waals surface area (Å²) in [6.45, 7) is 1.95. The lowest BCUT2D eigenvalue weighted by molar-refractivity contribution is 1.16. The fourth-order valence-electron chi connectivity index (χ4n) is 1.52. The SMILES string of the molecule is Cc1cccc(Cl)c1Nc1ncncc1C(N)=S. The first-order valence-electron chi connectivity index (χ1n) is 5.21. The van der Waals surface area contributed by atoms with Crippen molar-refractivity contribution >= 4 is 40.3 Å². The number of nitrogens with zero attached hydrogens (tertiary/aromatic N) is 2. The lowest BCUT2D eigenvalue weighted by atomic mass is 10.2. The Morgan fingerprint density at radius 3 is 2.89 bits per heavy atom. The fraction of sp³-hybridized carbons (Fsp3) is 0.0833. The van der Waals surface area contributed by atoms with Crippen LogP contribution in [0.15, 0.2) is 30.7 Å². The molecule has 0 aliphatic heterocycles. The Balaban J connectivity index is 2.43. The Bertz CT molecular complexity index is 580. The second-order valence-corrected chi connectivity index (χ2v) is 4.55. The van der Waals surface area contributed by atoms with Crippen LogP contribution in [0.25, 0.3) is 0 Å². The summed E-state index contributed by atoms with van der Waals surface area (Å²) in [4.78, 5) is 8.27. The van der Waals surface area contributed by atoms with Gasteiger partial charge in [0.1, 0.15) is 17.1 Å². The molecule has 18 heavy (non-hydrogen) atoms. The highest BCUT2D eigenvalue weighted by Gasteiger charge is 2.10. The minimum atomic E-state index is 0.239. The average Bonchev–Trinajstić information content (AvgIpc) is 2.34. The molecule has 2 rings (SSSR count). The van der Waals surface area contributed by atoms with Crippen molar-refractivity contribution in [2.24, 2.45) is 5.73 Å². The summed E-state index contributed by atoms with van der Waals surface area (Å²) in [6.07, 6.45) is 3.00. The summed E-state index contributed by atoms with van der Waals surface area (Å²) < 4.78 is 0. The number of rotatable bonds is 3. The van der Waals surface area contributed by atoms with Gasteiger partial charge in [-0.25, -0.2) is 9.97 Å². The first-order valence-corrected chi connectivity index (χ1v) is 6.00. The zero-order valence-electron chi connectivity index (χ0n) is 9.64. The average molecular weight is 279 g/mol. The van der Waals surface area contributed by atoms with Crippen molar-refractivity contribution in [3.8, 4) is 0 Å². The number of anilines is 2. The molecule has 4 nitrogen and oxygen atoms in total. The van der Waals surface area contributed by atoms with Crippen molar-refractivity contribution in [3.05, 3.63) is 46.9 Å². The molecule has 1 heterocycles. The molecule has 3 N–H and O–H groups in total. The molecule has 92 valence electrons. The molecule has 0 fully saturated rings. The predicted octanol–water partition coefficient (Wildman–Crippen LogP) is 2.82. The molecule has 6 heteroatoms. The van der Waals surface area contributed by atoms with Crippen LogP contribution in [0.1, 0.15) is 11.1 Å². The number of nitrogens with two attached hydrogens (primary N) is 1. The molecule has 0 unspecified atom stereocenters. The molecule has 0 spiro atoms. The van der Waals surface area contributed by atoms with Crippen LogP contribution in [-0.2, 0) is 0 Å². The van der Waals surface area contributed by atoms with Gasteiger partial charge in [-0.15, -0.1) is 0 Å². The van der Waals surface area contributed by atoms with Crippen molar-refractivity contribution in [1.82, 2.24) is 9.97 Å². The number of benzene rings is 1. The topological polar surface area (TPSA) is 63.8 Å². The fourth-order valence-corrected chi connectivity index (χ4v) is 1.94. The van der Waals surface area contributed by atoms with E-state index in [1.54, 1.807) is 12.3 Å². The van der Waals surface area contributed by atoms with Crippen LogP contribution in [0.4, 0.5) is 11.5 Å². The van der Waals surface area contributed by atoms with Crippen LogP contribution in [0.3, 0.4) is 0 Å². The second-order valence-electron chi connectivity index (χ2n) is 3.71. The van der Waals surface area contributed by atoms with Crippen molar-refractivity contribution in [3.63, 3.8) is 0 Å². The Morgan fingerprint density at radius 1 is 1.44 bits per heavy atom. The standard InChI is InChI=1S/C12H11ClN4S/c1-7-3-2-4-9(13)10(7)17-12-8(11(14)18)5-15-6-16-12/h2-6H,1H3,(H2,14,18)(H,15,16,17). The van der Waals surface area contributed by atoms with E-state index in [4.69, 9.17) is 29.6 Å². The van der Waals surface area contributed by atoms with Gasteiger partial charge in [0.05, 0.1) is 16.3 Å². The molecule has 1 aromatic heterocycles. The molecule has 0 amide bonds. The minimum Gasteiger partial charge on any atom is -0.389 e. The van der Waals surface area contributed by atoms with E-state index in [2.05, 4.69) is 15.3 Å². The summed E-state index contributed by atoms with van der Waals surface area (Å²) in [5.74, 6) is 0.550. The largest absolute Gasteiger partial charge is 0.389 e. The maximum atomic E-state index is 6.14. The quantitative estimate of drug-likeness (QED) is 0.845. The number of nitrogens with one attached hydrogen (secondary N) is 1. The number of para-hydroxylation sites is 1. The van der Waals surface area contributed by atoms with Crippen molar-refractivity contribution < 1.29 is 0 Å². The molecule has 0 aliphatic rings. The van der Waals surface area contributed by atoms with Crippen molar-refractivity contribution in [2.75, 3.05) is 5.32 Å². The van der Waals surface area contributed by atoms with Crippen LogP contribution < -0.4 is 11.1 Å². The van der Waals surface area contributed by atoms with Gasteiger partial charge in [0.15, 0.2) is 0 Å². The highest BCUT2D eigenvalue weighted by Crippen LogP contribution is 2.28. The predicted molar refractivity (Wildman–Crippen MR) is 77.4 cm³/mol. The monoisotopic (exact) mass is 278 g/mol. The van der Waals surface area contributed by atoms with Gasteiger partial charge in [-0.1, -0.05) is 36.0 Å². The zero-order valence-corrected chi connectivity index (χ0v) is 11.2. The third-order valence-corrected chi connectivity index (χ3v) is 2.98. The van der Waals surface area contributed by atoms with E-state index in [9.17, 15) is 0 Å². The normalized spacial score (nSPS) is 10.1. The van der Waals surface area contributed by atoms with Gasteiger partial charge in [0.2, 0.25) is 0 Å². The Hall–Kier alpha value is -1.72. The van der Waals surface area contributed by atoms with Gasteiger partial charge in [0.25, 0.3) is 0 Å². The second kappa shape index (κ2) is 5.29. The zero-order chi connectivity index (χ0) is 13.1. The van der Waals surface area contributed by atoms with Gasteiger partial charge in [-0.05, 0) is 18.6 Å². The van der Waals surface area contributed by atoms with Gasteiger partial charge in [-0.2, -0.15) is 0 Å². The summed E-state index contributed by atoms with van der Waals surface area (Å²) in [6, 6.07) is 5.64. The first kappa shape index (κ1) is 12.7. The number of thiocarbonyl (C=S) groups is 1. The molecular formula is C12H11ClN4S. The van der Waals surface area contributed by atoms with Crippen molar-refractivity contribution in [2.45, 2.75) is 6.92 Å². The van der Waals surface area contributed by atoms with Gasteiger partial charge in [-0.3, -0.25) is 0 Å². The van der Waals surface area contributed by atoms with Crippen molar-refractivity contribution in [1.29, 1.82) is 0 Å². The van der Waals surface area contributed by atoms with E-state index in [1.807, 2.05) is 19.1 Å². The molecule has 1 aromatic carbocycles. The number of hydrogen-bond donors (Lipinski definition) is 2. The maximum absolute atomic E-state index is 6.14. The van der Waals surface area contributed by atoms with E-state index < -0.39 is 0 Å². The molecule has 0 radical (unpaired) electrons. The third-order valence-electron chi connectivity index (χ3n) is 2.44. The Labute approximate surface area is 115 Å². The summed E-state index contributed by atoms with van der Waals surface area (Å²) in [7, 11) is 0. The molecule has 2 aromatic rings. The molecule has 0 saturated carbocycles. The molecule has 0 saturated heterocycles. The van der Waals surface area contributed by atoms with Gasteiger partial charge >= 0.3 is 0 Å². The van der Waals surface area contributed by atoms with E-state index in [-0.39, 0.29) is 4.99 Å². The highest BCUT2D eigenvalue weighted by atomic mass is 35.5. The molecule has 0 bridgehead atoms. The molecular weight excluding hydrogens is 268 g/mol. The smallest absolute Gasteiger partial charge is 0.144 e. The molecule has 0 aliphatic carbocycles. The lowest BCUT2D eigenvalue weighted by Gasteiger charge is -2.12.